The number of carbonyl (C=O) groups is 1. The summed E-state index contributed by atoms with van der Waals surface area (Å²) < 4.78 is 0. The zero-order valence-electron chi connectivity index (χ0n) is 9.26. The maximum absolute atomic E-state index is 11.5. The SMILES string of the molecule is C=C/C(C)=C(\C=C)NC(=O)C(C)CC. The van der Waals surface area contributed by atoms with Crippen molar-refractivity contribution in [1.29, 1.82) is 0 Å². The maximum Gasteiger partial charge on any atom is 0.227 e. The minimum atomic E-state index is 0.0302. The van der Waals surface area contributed by atoms with E-state index in [2.05, 4.69) is 18.5 Å². The molecule has 0 saturated carbocycles. The molecule has 1 N–H and O–H groups in total. The number of rotatable bonds is 5. The molecule has 1 amide bonds. The first kappa shape index (κ1) is 12.7. The highest BCUT2D eigenvalue weighted by Crippen LogP contribution is 2.06. The van der Waals surface area contributed by atoms with Crippen LogP contribution in [0.1, 0.15) is 27.2 Å². The minimum absolute atomic E-state index is 0.0302. The summed E-state index contributed by atoms with van der Waals surface area (Å²) in [5.74, 6) is 0.0613. The summed E-state index contributed by atoms with van der Waals surface area (Å²) in [4.78, 5) is 11.5. The molecule has 0 aromatic carbocycles. The average molecular weight is 193 g/mol. The fraction of sp³-hybridized carbons (Fsp3) is 0.417. The Hall–Kier alpha value is -1.31. The number of allylic oxidation sites excluding steroid dienone is 3. The van der Waals surface area contributed by atoms with Crippen LogP contribution in [0.25, 0.3) is 0 Å². The lowest BCUT2D eigenvalue weighted by Crippen LogP contribution is -2.28. The van der Waals surface area contributed by atoms with Crippen LogP contribution in [0.15, 0.2) is 36.6 Å². The van der Waals surface area contributed by atoms with Crippen molar-refractivity contribution in [2.24, 2.45) is 5.92 Å². The number of hydrogen-bond acceptors (Lipinski definition) is 1. The maximum atomic E-state index is 11.5. The predicted molar refractivity (Wildman–Crippen MR) is 60.7 cm³/mol. The van der Waals surface area contributed by atoms with Gasteiger partial charge in [-0.3, -0.25) is 4.79 Å². The average Bonchev–Trinajstić information content (AvgIpc) is 2.22. The van der Waals surface area contributed by atoms with E-state index in [0.29, 0.717) is 0 Å². The summed E-state index contributed by atoms with van der Waals surface area (Å²) >= 11 is 0. The number of nitrogens with one attached hydrogen (secondary N) is 1. The molecule has 0 radical (unpaired) electrons. The van der Waals surface area contributed by atoms with Gasteiger partial charge in [0.2, 0.25) is 5.91 Å². The lowest BCUT2D eigenvalue weighted by molar-refractivity contribution is -0.123. The van der Waals surface area contributed by atoms with Crippen molar-refractivity contribution >= 4 is 5.91 Å². The number of amides is 1. The Labute approximate surface area is 86.4 Å². The van der Waals surface area contributed by atoms with Gasteiger partial charge in [-0.25, -0.2) is 0 Å². The van der Waals surface area contributed by atoms with Gasteiger partial charge in [0, 0.05) is 11.6 Å². The van der Waals surface area contributed by atoms with E-state index < -0.39 is 0 Å². The Morgan fingerprint density at radius 1 is 1.43 bits per heavy atom. The lowest BCUT2D eigenvalue weighted by atomic mass is 10.1. The molecule has 2 heteroatoms. The quantitative estimate of drug-likeness (QED) is 0.668. The smallest absolute Gasteiger partial charge is 0.227 e. The van der Waals surface area contributed by atoms with Crippen molar-refractivity contribution in [3.05, 3.63) is 36.6 Å². The standard InChI is InChI=1S/C12H19NO/c1-6-9(4)11(8-3)13-12(14)10(5)7-2/h6,8,10H,1,3,7H2,2,4-5H3,(H,13,14)/b11-9+. The molecule has 0 aliphatic carbocycles. The van der Waals surface area contributed by atoms with Crippen LogP contribution in [0.3, 0.4) is 0 Å². The Kier molecular flexibility index (Phi) is 5.61. The molecule has 1 unspecified atom stereocenters. The Morgan fingerprint density at radius 2 is 2.00 bits per heavy atom. The lowest BCUT2D eigenvalue weighted by Gasteiger charge is -2.11. The summed E-state index contributed by atoms with van der Waals surface area (Å²) in [7, 11) is 0. The van der Waals surface area contributed by atoms with Crippen molar-refractivity contribution in [2.45, 2.75) is 27.2 Å². The van der Waals surface area contributed by atoms with Crippen LogP contribution in [0.4, 0.5) is 0 Å². The third-order valence-corrected chi connectivity index (χ3v) is 2.25. The molecule has 1 atom stereocenters. The molecular weight excluding hydrogens is 174 g/mol. The van der Waals surface area contributed by atoms with Crippen LogP contribution in [-0.2, 0) is 4.79 Å². The van der Waals surface area contributed by atoms with E-state index in [1.807, 2.05) is 20.8 Å². The fourth-order valence-electron chi connectivity index (χ4n) is 0.862. The monoisotopic (exact) mass is 193 g/mol. The van der Waals surface area contributed by atoms with Gasteiger partial charge in [-0.15, -0.1) is 0 Å². The largest absolute Gasteiger partial charge is 0.326 e. The molecule has 78 valence electrons. The molecule has 0 aromatic rings. The second-order valence-corrected chi connectivity index (χ2v) is 3.30. The summed E-state index contributed by atoms with van der Waals surface area (Å²) in [5, 5.41) is 2.82. The van der Waals surface area contributed by atoms with Gasteiger partial charge in [0.1, 0.15) is 0 Å². The van der Waals surface area contributed by atoms with Gasteiger partial charge in [0.15, 0.2) is 0 Å². The van der Waals surface area contributed by atoms with Crippen molar-refractivity contribution in [3.8, 4) is 0 Å². The summed E-state index contributed by atoms with van der Waals surface area (Å²) in [6, 6.07) is 0. The molecule has 0 bridgehead atoms. The molecule has 2 nitrogen and oxygen atoms in total. The van der Waals surface area contributed by atoms with E-state index in [9.17, 15) is 4.79 Å². The van der Waals surface area contributed by atoms with E-state index in [1.165, 1.54) is 0 Å². The minimum Gasteiger partial charge on any atom is -0.326 e. The topological polar surface area (TPSA) is 29.1 Å². The summed E-state index contributed by atoms with van der Waals surface area (Å²) in [6.07, 6.45) is 4.18. The molecule has 0 saturated heterocycles. The van der Waals surface area contributed by atoms with Crippen molar-refractivity contribution in [2.75, 3.05) is 0 Å². The molecule has 0 heterocycles. The van der Waals surface area contributed by atoms with E-state index >= 15 is 0 Å². The molecule has 14 heavy (non-hydrogen) atoms. The first-order valence-corrected chi connectivity index (χ1v) is 4.83. The van der Waals surface area contributed by atoms with Gasteiger partial charge < -0.3 is 5.32 Å². The Balaban J connectivity index is 4.56. The molecule has 0 fully saturated rings. The summed E-state index contributed by atoms with van der Waals surface area (Å²) in [6.45, 7) is 13.1. The highest BCUT2D eigenvalue weighted by atomic mass is 16.1. The number of hydrogen-bond donors (Lipinski definition) is 1. The van der Waals surface area contributed by atoms with Crippen LogP contribution in [-0.4, -0.2) is 5.91 Å². The van der Waals surface area contributed by atoms with Gasteiger partial charge in [-0.05, 0) is 25.0 Å². The summed E-state index contributed by atoms with van der Waals surface area (Å²) in [5.41, 5.74) is 1.67. The Bertz CT molecular complexity index is 263. The first-order valence-electron chi connectivity index (χ1n) is 4.83. The van der Waals surface area contributed by atoms with Crippen molar-refractivity contribution < 1.29 is 4.79 Å². The normalized spacial score (nSPS) is 13.9. The second kappa shape index (κ2) is 6.19. The molecule has 0 spiro atoms. The first-order chi connectivity index (χ1) is 6.56. The van der Waals surface area contributed by atoms with Gasteiger partial charge in [-0.2, -0.15) is 0 Å². The zero-order chi connectivity index (χ0) is 11.1. The van der Waals surface area contributed by atoms with Crippen LogP contribution >= 0.6 is 0 Å². The van der Waals surface area contributed by atoms with Gasteiger partial charge >= 0.3 is 0 Å². The molecular formula is C12H19NO. The highest BCUT2D eigenvalue weighted by molar-refractivity contribution is 5.80. The molecule has 0 rings (SSSR count). The number of carbonyl (C=O) groups excluding carboxylic acids is 1. The van der Waals surface area contributed by atoms with E-state index in [0.717, 1.165) is 17.7 Å². The fourth-order valence-corrected chi connectivity index (χ4v) is 0.862. The van der Waals surface area contributed by atoms with E-state index in [4.69, 9.17) is 0 Å². The van der Waals surface area contributed by atoms with Gasteiger partial charge in [0.05, 0.1) is 0 Å². The third kappa shape index (κ3) is 3.60. The third-order valence-electron chi connectivity index (χ3n) is 2.25. The second-order valence-electron chi connectivity index (χ2n) is 3.30. The molecule has 0 aromatic heterocycles. The molecule has 0 aliphatic rings. The molecule has 0 aliphatic heterocycles. The van der Waals surface area contributed by atoms with Crippen LogP contribution in [0.2, 0.25) is 0 Å². The van der Waals surface area contributed by atoms with Crippen LogP contribution < -0.4 is 5.32 Å². The zero-order valence-corrected chi connectivity index (χ0v) is 9.26. The van der Waals surface area contributed by atoms with Gasteiger partial charge in [-0.1, -0.05) is 33.1 Å². The Morgan fingerprint density at radius 3 is 2.36 bits per heavy atom. The van der Waals surface area contributed by atoms with Crippen molar-refractivity contribution in [3.63, 3.8) is 0 Å². The van der Waals surface area contributed by atoms with Crippen LogP contribution in [0.5, 0.6) is 0 Å². The van der Waals surface area contributed by atoms with E-state index in [1.54, 1.807) is 12.2 Å². The van der Waals surface area contributed by atoms with Crippen LogP contribution in [0, 0.1) is 5.92 Å². The van der Waals surface area contributed by atoms with Gasteiger partial charge in [0.25, 0.3) is 0 Å². The highest BCUT2D eigenvalue weighted by Gasteiger charge is 2.10. The predicted octanol–water partition coefficient (Wildman–Crippen LogP) is 2.79. The van der Waals surface area contributed by atoms with Crippen molar-refractivity contribution in [1.82, 2.24) is 5.32 Å². The van der Waals surface area contributed by atoms with E-state index in [-0.39, 0.29) is 11.8 Å².